The third-order valence-corrected chi connectivity index (χ3v) is 1.86. The Kier molecular flexibility index (Phi) is 2.55. The Balaban J connectivity index is 2.37. The molecule has 0 fully saturated rings. The van der Waals surface area contributed by atoms with Crippen LogP contribution in [0.2, 0.25) is 0 Å². The first-order chi connectivity index (χ1) is 7.33. The Morgan fingerprint density at radius 3 is 2.87 bits per heavy atom. The van der Waals surface area contributed by atoms with E-state index in [4.69, 9.17) is 4.74 Å². The van der Waals surface area contributed by atoms with Crippen molar-refractivity contribution in [3.05, 3.63) is 30.0 Å². The largest absolute Gasteiger partial charge is 0.480 e. The number of aliphatic hydroxyl groups excluding tert-OH is 1. The fourth-order valence-electron chi connectivity index (χ4n) is 1.16. The molecule has 2 heterocycles. The van der Waals surface area contributed by atoms with Crippen LogP contribution in [-0.2, 0) is 0 Å². The van der Waals surface area contributed by atoms with E-state index in [1.807, 2.05) is 0 Å². The van der Waals surface area contributed by atoms with Gasteiger partial charge in [0.05, 0.1) is 13.3 Å². The lowest BCUT2D eigenvalue weighted by Gasteiger charge is -2.09. The minimum absolute atomic E-state index is 0.271. The Bertz CT molecular complexity index is 430. The lowest BCUT2D eigenvalue weighted by atomic mass is 10.2. The first-order valence-electron chi connectivity index (χ1n) is 4.21. The molecule has 2 aromatic rings. The van der Waals surface area contributed by atoms with Crippen molar-refractivity contribution in [1.29, 1.82) is 0 Å². The Labute approximate surface area is 85.2 Å². The summed E-state index contributed by atoms with van der Waals surface area (Å²) in [5.74, 6) is 0.271. The highest BCUT2D eigenvalue weighted by molar-refractivity contribution is 5.25. The molecule has 0 spiro atoms. The maximum atomic E-state index is 9.89. The number of hydrogen-bond acceptors (Lipinski definition) is 6. The van der Waals surface area contributed by atoms with E-state index in [1.165, 1.54) is 25.7 Å². The molecule has 0 saturated carbocycles. The number of H-pyrrole nitrogens is 1. The molecule has 2 N–H and O–H groups in total. The van der Waals surface area contributed by atoms with Gasteiger partial charge in [0.25, 0.3) is 0 Å². The maximum Gasteiger partial charge on any atom is 0.238 e. The summed E-state index contributed by atoms with van der Waals surface area (Å²) in [6.45, 7) is 0. The summed E-state index contributed by atoms with van der Waals surface area (Å²) < 4.78 is 4.97. The van der Waals surface area contributed by atoms with Crippen molar-refractivity contribution in [2.45, 2.75) is 6.10 Å². The van der Waals surface area contributed by atoms with Gasteiger partial charge in [-0.1, -0.05) is 0 Å². The second-order valence-corrected chi connectivity index (χ2v) is 2.75. The van der Waals surface area contributed by atoms with E-state index in [0.717, 1.165) is 0 Å². The van der Waals surface area contributed by atoms with Crippen LogP contribution in [0.5, 0.6) is 5.88 Å². The second kappa shape index (κ2) is 4.01. The lowest BCUT2D eigenvalue weighted by molar-refractivity contribution is 0.203. The van der Waals surface area contributed by atoms with E-state index in [-0.39, 0.29) is 5.88 Å². The van der Waals surface area contributed by atoms with Crippen molar-refractivity contribution in [1.82, 2.24) is 25.4 Å². The van der Waals surface area contributed by atoms with Crippen LogP contribution in [0, 0.1) is 0 Å². The fourth-order valence-corrected chi connectivity index (χ4v) is 1.16. The molecule has 1 unspecified atom stereocenters. The summed E-state index contributed by atoms with van der Waals surface area (Å²) in [5.41, 5.74) is 0.683. The van der Waals surface area contributed by atoms with Crippen LogP contribution in [0.15, 0.2) is 18.6 Å². The van der Waals surface area contributed by atoms with Crippen LogP contribution < -0.4 is 4.74 Å². The topological polar surface area (TPSA) is 96.8 Å². The molecule has 0 radical (unpaired) electrons. The molecular weight excluding hydrogens is 198 g/mol. The van der Waals surface area contributed by atoms with Gasteiger partial charge in [-0.3, -0.25) is 4.98 Å². The van der Waals surface area contributed by atoms with Gasteiger partial charge in [-0.2, -0.15) is 15.4 Å². The van der Waals surface area contributed by atoms with Gasteiger partial charge >= 0.3 is 0 Å². The summed E-state index contributed by atoms with van der Waals surface area (Å²) in [7, 11) is 1.46. The number of aromatic amines is 1. The molecule has 2 aromatic heterocycles. The summed E-state index contributed by atoms with van der Waals surface area (Å²) in [6, 6.07) is 0. The molecule has 7 heteroatoms. The van der Waals surface area contributed by atoms with Crippen LogP contribution in [0.1, 0.15) is 17.5 Å². The quantitative estimate of drug-likeness (QED) is 0.716. The summed E-state index contributed by atoms with van der Waals surface area (Å²) in [5, 5.41) is 19.7. The molecule has 0 saturated heterocycles. The normalized spacial score (nSPS) is 12.4. The standard InChI is InChI=1S/C8H9N5O2/c1-15-8-6(9-2-3-10-8)7(14)5-4-11-13-12-5/h2-4,7,14H,1H3,(H,11,12,13). The van der Waals surface area contributed by atoms with Gasteiger partial charge in [-0.05, 0) is 0 Å². The smallest absolute Gasteiger partial charge is 0.238 e. The molecule has 0 aliphatic carbocycles. The third kappa shape index (κ3) is 1.77. The molecule has 7 nitrogen and oxygen atoms in total. The number of hydrogen-bond donors (Lipinski definition) is 2. The molecule has 15 heavy (non-hydrogen) atoms. The average molecular weight is 207 g/mol. The number of rotatable bonds is 3. The molecule has 1 atom stereocenters. The van der Waals surface area contributed by atoms with Gasteiger partial charge in [0.15, 0.2) is 0 Å². The van der Waals surface area contributed by atoms with Crippen molar-refractivity contribution >= 4 is 0 Å². The first kappa shape index (κ1) is 9.53. The molecule has 78 valence electrons. The molecule has 2 rings (SSSR count). The van der Waals surface area contributed by atoms with Gasteiger partial charge in [-0.15, -0.1) is 0 Å². The zero-order valence-electron chi connectivity index (χ0n) is 7.95. The van der Waals surface area contributed by atoms with Gasteiger partial charge in [-0.25, -0.2) is 4.98 Å². The second-order valence-electron chi connectivity index (χ2n) is 2.75. The molecule has 0 bridgehead atoms. The summed E-state index contributed by atoms with van der Waals surface area (Å²) in [6.07, 6.45) is 3.38. The van der Waals surface area contributed by atoms with Crippen molar-refractivity contribution < 1.29 is 9.84 Å². The molecule has 0 amide bonds. The van der Waals surface area contributed by atoms with Gasteiger partial charge in [0.2, 0.25) is 5.88 Å². The van der Waals surface area contributed by atoms with E-state index in [1.54, 1.807) is 0 Å². The van der Waals surface area contributed by atoms with Crippen LogP contribution in [0.4, 0.5) is 0 Å². The summed E-state index contributed by atoms with van der Waals surface area (Å²) >= 11 is 0. The van der Waals surface area contributed by atoms with Gasteiger partial charge in [0.1, 0.15) is 17.5 Å². The van der Waals surface area contributed by atoms with Crippen LogP contribution in [-0.4, -0.2) is 37.6 Å². The maximum absolute atomic E-state index is 9.89. The molecule has 0 aliphatic rings. The number of nitrogens with zero attached hydrogens (tertiary/aromatic N) is 4. The predicted molar refractivity (Wildman–Crippen MR) is 49.0 cm³/mol. The van der Waals surface area contributed by atoms with Gasteiger partial charge in [0, 0.05) is 12.4 Å². The monoisotopic (exact) mass is 207 g/mol. The average Bonchev–Trinajstić information content (AvgIpc) is 2.81. The molecule has 0 aliphatic heterocycles. The number of ether oxygens (including phenoxy) is 1. The predicted octanol–water partition coefficient (Wildman–Crippen LogP) is -0.315. The highest BCUT2D eigenvalue weighted by atomic mass is 16.5. The van der Waals surface area contributed by atoms with Crippen LogP contribution >= 0.6 is 0 Å². The van der Waals surface area contributed by atoms with Crippen molar-refractivity contribution in [3.63, 3.8) is 0 Å². The first-order valence-corrected chi connectivity index (χ1v) is 4.21. The van der Waals surface area contributed by atoms with E-state index >= 15 is 0 Å². The van der Waals surface area contributed by atoms with Crippen molar-refractivity contribution in [2.75, 3.05) is 7.11 Å². The highest BCUT2D eigenvalue weighted by Gasteiger charge is 2.19. The number of aromatic nitrogens is 5. The SMILES string of the molecule is COc1nccnc1C(O)c1cn[nH]n1. The minimum atomic E-state index is -0.993. The zero-order valence-corrected chi connectivity index (χ0v) is 7.95. The van der Waals surface area contributed by atoms with E-state index < -0.39 is 6.10 Å². The summed E-state index contributed by atoms with van der Waals surface area (Å²) in [4.78, 5) is 7.91. The Morgan fingerprint density at radius 2 is 2.20 bits per heavy atom. The van der Waals surface area contributed by atoms with E-state index in [0.29, 0.717) is 11.4 Å². The number of aliphatic hydroxyl groups is 1. The third-order valence-electron chi connectivity index (χ3n) is 1.86. The van der Waals surface area contributed by atoms with Crippen LogP contribution in [0.25, 0.3) is 0 Å². The van der Waals surface area contributed by atoms with Crippen LogP contribution in [0.3, 0.4) is 0 Å². The minimum Gasteiger partial charge on any atom is -0.480 e. The Morgan fingerprint density at radius 1 is 1.40 bits per heavy atom. The molecular formula is C8H9N5O2. The lowest BCUT2D eigenvalue weighted by Crippen LogP contribution is -2.06. The zero-order chi connectivity index (χ0) is 10.7. The fraction of sp³-hybridized carbons (Fsp3) is 0.250. The van der Waals surface area contributed by atoms with E-state index in [9.17, 15) is 5.11 Å². The number of methoxy groups -OCH3 is 1. The Hall–Kier alpha value is -2.02. The number of nitrogens with one attached hydrogen (secondary N) is 1. The van der Waals surface area contributed by atoms with E-state index in [2.05, 4.69) is 25.4 Å². The molecule has 0 aromatic carbocycles. The van der Waals surface area contributed by atoms with Gasteiger partial charge < -0.3 is 9.84 Å². The van der Waals surface area contributed by atoms with Crippen molar-refractivity contribution in [2.24, 2.45) is 0 Å². The van der Waals surface area contributed by atoms with Crippen molar-refractivity contribution in [3.8, 4) is 5.88 Å². The highest BCUT2D eigenvalue weighted by Crippen LogP contribution is 2.23.